The fraction of sp³-hybridized carbons (Fsp3) is 0. The van der Waals surface area contributed by atoms with Crippen LogP contribution in [-0.4, -0.2) is 20.5 Å². The molecule has 0 fully saturated rings. The Hall–Kier alpha value is -1.20. The van der Waals surface area contributed by atoms with Crippen LogP contribution < -0.4 is 5.32 Å². The first-order valence-electron chi connectivity index (χ1n) is 5.63. The molecule has 1 aliphatic rings. The average Bonchev–Trinajstić information content (AvgIpc) is 2.87. The molecular weight excluding hydrogens is 408 g/mol. The minimum absolute atomic E-state index is 0.121. The van der Waals surface area contributed by atoms with E-state index in [1.54, 1.807) is 18.2 Å². The summed E-state index contributed by atoms with van der Waals surface area (Å²) in [4.78, 5) is 12.3. The molecule has 0 saturated heterocycles. The Balaban J connectivity index is 1.91. The quantitative estimate of drug-likeness (QED) is 0.606. The minimum atomic E-state index is -0.212. The van der Waals surface area contributed by atoms with Crippen LogP contribution in [0.4, 0.5) is 17.1 Å². The van der Waals surface area contributed by atoms with Gasteiger partial charge in [-0.15, -0.1) is 0 Å². The van der Waals surface area contributed by atoms with E-state index >= 15 is 0 Å². The Labute approximate surface area is 134 Å². The first kappa shape index (κ1) is 13.8. The molecule has 1 aliphatic heterocycles. The molecule has 2 aromatic rings. The second-order valence-corrected chi connectivity index (χ2v) is 6.42. The van der Waals surface area contributed by atoms with Crippen LogP contribution in [0.5, 0.6) is 0 Å². The zero-order chi connectivity index (χ0) is 14.1. The molecule has 100 valence electrons. The fourth-order valence-electron chi connectivity index (χ4n) is 1.77. The van der Waals surface area contributed by atoms with Gasteiger partial charge in [0.15, 0.2) is 0 Å². The molecule has 7 heteroatoms. The van der Waals surface area contributed by atoms with Crippen LogP contribution in [0.15, 0.2) is 48.8 Å². The third-order valence-electron chi connectivity index (χ3n) is 2.71. The molecule has 20 heavy (non-hydrogen) atoms. The summed E-state index contributed by atoms with van der Waals surface area (Å²) in [5.41, 5.74) is 2.79. The Kier molecular flexibility index (Phi) is 3.89. The number of rotatable bonds is 2. The van der Waals surface area contributed by atoms with Crippen LogP contribution in [0.1, 0.15) is 10.4 Å². The van der Waals surface area contributed by atoms with Gasteiger partial charge in [-0.3, -0.25) is 0 Å². The number of benzene rings is 2. The van der Waals surface area contributed by atoms with E-state index in [0.29, 0.717) is 20.7 Å². The van der Waals surface area contributed by atoms with Crippen molar-refractivity contribution in [3.05, 3.63) is 51.5 Å². The van der Waals surface area contributed by atoms with Gasteiger partial charge in [0.2, 0.25) is 0 Å². The summed E-state index contributed by atoms with van der Waals surface area (Å²) < 4.78 is 9.27. The van der Waals surface area contributed by atoms with Crippen LogP contribution in [-0.2, 0) is 0 Å². The predicted octanol–water partition coefficient (Wildman–Crippen LogP) is 4.70. The normalized spacial score (nSPS) is 11.9. The van der Waals surface area contributed by atoms with Crippen molar-refractivity contribution in [1.29, 1.82) is 0 Å². The van der Waals surface area contributed by atoms with Crippen LogP contribution in [0.25, 0.3) is 0 Å². The molecule has 1 amide bonds. The number of amides is 1. The van der Waals surface area contributed by atoms with Gasteiger partial charge in [-0.1, -0.05) is 0 Å². The van der Waals surface area contributed by atoms with E-state index in [2.05, 4.69) is 29.2 Å². The van der Waals surface area contributed by atoms with Gasteiger partial charge in [0.1, 0.15) is 0 Å². The molecule has 0 bridgehead atoms. The number of nitrogens with one attached hydrogen (secondary N) is 1. The standard InChI is InChI=1S/C13H7BrClN3OSe/c14-9-6-7(15)4-5-8(9)13(19)16-10-2-1-3-11-12(10)18-20-17-11/h1-6H,(H,16,19). The van der Waals surface area contributed by atoms with Crippen molar-refractivity contribution in [2.45, 2.75) is 0 Å². The Morgan fingerprint density at radius 3 is 2.90 bits per heavy atom. The molecule has 0 radical (unpaired) electrons. The van der Waals surface area contributed by atoms with Crippen LogP contribution in [0, 0.1) is 0 Å². The monoisotopic (exact) mass is 415 g/mol. The number of halogens is 2. The van der Waals surface area contributed by atoms with Crippen LogP contribution >= 0.6 is 27.5 Å². The molecule has 1 N–H and O–H groups in total. The maximum absolute atomic E-state index is 12.3. The molecule has 0 aliphatic carbocycles. The summed E-state index contributed by atoms with van der Waals surface area (Å²) in [6.07, 6.45) is 0. The number of carbonyl (C=O) groups is 1. The molecule has 4 nitrogen and oxygen atoms in total. The fourth-order valence-corrected chi connectivity index (χ4v) is 3.79. The van der Waals surface area contributed by atoms with Crippen LogP contribution in [0.2, 0.25) is 5.02 Å². The van der Waals surface area contributed by atoms with Crippen molar-refractivity contribution in [1.82, 2.24) is 0 Å². The molecule has 0 unspecified atom stereocenters. The van der Waals surface area contributed by atoms with Gasteiger partial charge in [-0.05, 0) is 0 Å². The summed E-state index contributed by atoms with van der Waals surface area (Å²) in [6, 6.07) is 10.6. The average molecular weight is 416 g/mol. The topological polar surface area (TPSA) is 53.8 Å². The molecule has 0 saturated carbocycles. The van der Waals surface area contributed by atoms with Gasteiger partial charge >= 0.3 is 135 Å². The van der Waals surface area contributed by atoms with Gasteiger partial charge in [0.05, 0.1) is 0 Å². The van der Waals surface area contributed by atoms with Crippen molar-refractivity contribution in [3.8, 4) is 0 Å². The Bertz CT molecular complexity index is 787. The summed E-state index contributed by atoms with van der Waals surface area (Å²) in [5, 5.41) is 3.44. The number of hydrogen-bond acceptors (Lipinski definition) is 3. The first-order chi connectivity index (χ1) is 9.65. The molecule has 3 rings (SSSR count). The zero-order valence-corrected chi connectivity index (χ0v) is 14.0. The van der Waals surface area contributed by atoms with E-state index in [1.807, 2.05) is 18.2 Å². The van der Waals surface area contributed by atoms with Gasteiger partial charge < -0.3 is 0 Å². The number of nitrogens with zero attached hydrogens (tertiary/aromatic N) is 2. The second-order valence-electron chi connectivity index (χ2n) is 4.02. The summed E-state index contributed by atoms with van der Waals surface area (Å²) >= 11 is 9.09. The third-order valence-corrected chi connectivity index (χ3v) is 4.74. The summed E-state index contributed by atoms with van der Waals surface area (Å²) in [5.74, 6) is -0.212. The van der Waals surface area contributed by atoms with Crippen LogP contribution in [0.3, 0.4) is 0 Å². The van der Waals surface area contributed by atoms with E-state index in [0.717, 1.165) is 11.4 Å². The number of hydrogen-bond donors (Lipinski definition) is 1. The molecule has 0 atom stereocenters. The van der Waals surface area contributed by atoms with Gasteiger partial charge in [-0.25, -0.2) is 0 Å². The molecule has 1 heterocycles. The number of carbonyl (C=O) groups excluding carboxylic acids is 1. The SMILES string of the molecule is O=C(Nc1cccc2c1N=[Se]=N2)c1ccc(Cl)cc1Br. The van der Waals surface area contributed by atoms with Gasteiger partial charge in [0.25, 0.3) is 0 Å². The third kappa shape index (κ3) is 2.65. The Morgan fingerprint density at radius 2 is 2.10 bits per heavy atom. The molecule has 2 aromatic carbocycles. The van der Waals surface area contributed by atoms with Crippen molar-refractivity contribution < 1.29 is 4.79 Å². The van der Waals surface area contributed by atoms with Crippen molar-refractivity contribution >= 4 is 65.1 Å². The van der Waals surface area contributed by atoms with E-state index in [-0.39, 0.29) is 20.5 Å². The Morgan fingerprint density at radius 1 is 1.25 bits per heavy atom. The summed E-state index contributed by atoms with van der Waals surface area (Å²) in [6.45, 7) is 0. The van der Waals surface area contributed by atoms with Crippen molar-refractivity contribution in [2.75, 3.05) is 5.32 Å². The predicted molar refractivity (Wildman–Crippen MR) is 83.5 cm³/mol. The second kappa shape index (κ2) is 5.66. The van der Waals surface area contributed by atoms with E-state index in [1.165, 1.54) is 0 Å². The molecular formula is C13H7BrClN3OSe. The number of fused-ring (bicyclic) bond motifs is 1. The van der Waals surface area contributed by atoms with Gasteiger partial charge in [-0.2, -0.15) is 0 Å². The van der Waals surface area contributed by atoms with E-state index in [4.69, 9.17) is 11.6 Å². The van der Waals surface area contributed by atoms with E-state index in [9.17, 15) is 4.79 Å². The van der Waals surface area contributed by atoms with Crippen molar-refractivity contribution in [2.24, 2.45) is 7.92 Å². The van der Waals surface area contributed by atoms with E-state index < -0.39 is 0 Å². The molecule has 0 spiro atoms. The zero-order valence-electron chi connectivity index (χ0n) is 9.93. The maximum atomic E-state index is 12.3. The van der Waals surface area contributed by atoms with Crippen molar-refractivity contribution in [3.63, 3.8) is 0 Å². The first-order valence-corrected chi connectivity index (χ1v) is 8.33. The molecule has 0 aromatic heterocycles. The number of anilines is 1. The summed E-state index contributed by atoms with van der Waals surface area (Å²) in [7, 11) is 0. The van der Waals surface area contributed by atoms with Gasteiger partial charge in [0, 0.05) is 0 Å².